The first-order chi connectivity index (χ1) is 17.3. The summed E-state index contributed by atoms with van der Waals surface area (Å²) in [5.74, 6) is 0.982. The lowest BCUT2D eigenvalue weighted by Gasteiger charge is -2.36. The maximum atomic E-state index is 13.8. The van der Waals surface area contributed by atoms with Crippen LogP contribution >= 0.6 is 23.2 Å². The lowest BCUT2D eigenvalue weighted by molar-refractivity contribution is -0.00427. The van der Waals surface area contributed by atoms with Crippen LogP contribution < -0.4 is 14.2 Å². The van der Waals surface area contributed by atoms with Gasteiger partial charge in [0.15, 0.2) is 26.0 Å². The van der Waals surface area contributed by atoms with Crippen LogP contribution in [0.4, 0.5) is 0 Å². The van der Waals surface area contributed by atoms with Crippen molar-refractivity contribution in [2.24, 2.45) is 0 Å². The molecule has 7 nitrogen and oxygen atoms in total. The summed E-state index contributed by atoms with van der Waals surface area (Å²) in [7, 11) is 2.65. The Morgan fingerprint density at radius 1 is 1.03 bits per heavy atom. The molecular formula is C27H37Cl2NO6Si. The van der Waals surface area contributed by atoms with Crippen LogP contribution in [-0.2, 0) is 9.16 Å². The highest BCUT2D eigenvalue weighted by atomic mass is 35.5. The van der Waals surface area contributed by atoms with E-state index in [0.29, 0.717) is 52.4 Å². The van der Waals surface area contributed by atoms with E-state index in [-0.39, 0.29) is 17.0 Å². The topological polar surface area (TPSA) is 66.5 Å². The summed E-state index contributed by atoms with van der Waals surface area (Å²) in [6.45, 7) is 12.0. The zero-order chi connectivity index (χ0) is 27.5. The highest BCUT2D eigenvalue weighted by Gasteiger charge is 2.40. The molecule has 1 amide bonds. The van der Waals surface area contributed by atoms with E-state index >= 15 is 0 Å². The number of rotatable bonds is 9. The van der Waals surface area contributed by atoms with E-state index < -0.39 is 14.5 Å². The van der Waals surface area contributed by atoms with Gasteiger partial charge >= 0.3 is 0 Å². The van der Waals surface area contributed by atoms with Gasteiger partial charge in [-0.1, -0.05) is 50.0 Å². The van der Waals surface area contributed by atoms with Crippen LogP contribution in [0.5, 0.6) is 17.2 Å². The second-order valence-electron chi connectivity index (χ2n) is 10.6. The molecule has 0 N–H and O–H groups in total. The number of carbonyl (C=O) groups excluding carboxylic acids is 1. The van der Waals surface area contributed by atoms with Gasteiger partial charge in [0.1, 0.15) is 0 Å². The van der Waals surface area contributed by atoms with Gasteiger partial charge in [0.2, 0.25) is 5.75 Å². The number of ether oxygens (including phenoxy) is 4. The fourth-order valence-corrected chi connectivity index (χ4v) is 5.29. The minimum Gasteiger partial charge on any atom is -0.493 e. The van der Waals surface area contributed by atoms with Crippen molar-refractivity contribution in [3.8, 4) is 17.2 Å². The highest BCUT2D eigenvalue weighted by molar-refractivity contribution is 6.74. The Balaban J connectivity index is 1.90. The van der Waals surface area contributed by atoms with Crippen molar-refractivity contribution in [2.75, 3.05) is 34.5 Å². The first kappa shape index (κ1) is 29.6. The Labute approximate surface area is 231 Å². The van der Waals surface area contributed by atoms with E-state index in [1.165, 1.54) is 21.3 Å². The smallest absolute Gasteiger partial charge is 0.256 e. The number of hydrogen-bond acceptors (Lipinski definition) is 6. The van der Waals surface area contributed by atoms with Crippen molar-refractivity contribution in [3.05, 3.63) is 51.5 Å². The van der Waals surface area contributed by atoms with E-state index in [2.05, 4.69) is 33.9 Å². The van der Waals surface area contributed by atoms with Crippen molar-refractivity contribution < 1.29 is 28.2 Å². The van der Waals surface area contributed by atoms with Crippen LogP contribution in [0.1, 0.15) is 49.3 Å². The van der Waals surface area contributed by atoms with Gasteiger partial charge in [-0.05, 0) is 48.8 Å². The molecule has 1 fully saturated rings. The molecule has 3 rings (SSSR count). The quantitative estimate of drug-likeness (QED) is 0.304. The molecule has 2 aromatic carbocycles. The molecule has 1 saturated heterocycles. The molecule has 0 radical (unpaired) electrons. The predicted molar refractivity (Wildman–Crippen MR) is 149 cm³/mol. The summed E-state index contributed by atoms with van der Waals surface area (Å²) in [5, 5.41) is 0.943. The number of methoxy groups -OCH3 is 3. The van der Waals surface area contributed by atoms with Crippen molar-refractivity contribution >= 4 is 37.4 Å². The molecule has 1 heterocycles. The van der Waals surface area contributed by atoms with Crippen LogP contribution in [0.25, 0.3) is 0 Å². The molecule has 0 bridgehead atoms. The number of carbonyl (C=O) groups is 1. The van der Waals surface area contributed by atoms with E-state index in [1.807, 2.05) is 6.07 Å². The minimum absolute atomic E-state index is 0.112. The van der Waals surface area contributed by atoms with Gasteiger partial charge in [0.25, 0.3) is 5.91 Å². The Morgan fingerprint density at radius 3 is 2.16 bits per heavy atom. The summed E-state index contributed by atoms with van der Waals surface area (Å²) >= 11 is 12.5. The maximum absolute atomic E-state index is 13.8. The summed E-state index contributed by atoms with van der Waals surface area (Å²) in [6.07, 6.45) is -0.196. The molecule has 0 aliphatic carbocycles. The number of benzene rings is 2. The molecule has 1 aliphatic heterocycles. The Kier molecular flexibility index (Phi) is 9.45. The Hall–Kier alpha value is -1.97. The number of hydrogen-bond donors (Lipinski definition) is 0. The molecule has 1 aliphatic rings. The Morgan fingerprint density at radius 2 is 1.65 bits per heavy atom. The molecule has 0 spiro atoms. The predicted octanol–water partition coefficient (Wildman–Crippen LogP) is 6.97. The van der Waals surface area contributed by atoms with Gasteiger partial charge in [0.05, 0.1) is 44.0 Å². The molecule has 2 atom stereocenters. The second kappa shape index (κ2) is 11.8. The number of amides is 1. The van der Waals surface area contributed by atoms with Crippen molar-refractivity contribution in [3.63, 3.8) is 0 Å². The average Bonchev–Trinajstić information content (AvgIpc) is 3.27. The first-order valence-corrected chi connectivity index (χ1v) is 15.8. The van der Waals surface area contributed by atoms with Gasteiger partial charge in [-0.3, -0.25) is 4.79 Å². The number of halogens is 2. The largest absolute Gasteiger partial charge is 0.493 e. The lowest BCUT2D eigenvalue weighted by Crippen LogP contribution is -2.41. The third kappa shape index (κ3) is 6.54. The van der Waals surface area contributed by atoms with E-state index in [9.17, 15) is 4.79 Å². The highest BCUT2D eigenvalue weighted by Crippen LogP contribution is 2.41. The van der Waals surface area contributed by atoms with Crippen molar-refractivity contribution in [1.82, 2.24) is 4.90 Å². The zero-order valence-corrected chi connectivity index (χ0v) is 25.3. The summed E-state index contributed by atoms with van der Waals surface area (Å²) in [5.41, 5.74) is 1.13. The fraction of sp³-hybridized carbons (Fsp3) is 0.519. The Bertz CT molecular complexity index is 1100. The molecule has 204 valence electrons. The van der Waals surface area contributed by atoms with Crippen molar-refractivity contribution in [1.29, 1.82) is 0 Å². The van der Waals surface area contributed by atoms with Crippen LogP contribution in [0.3, 0.4) is 0 Å². The van der Waals surface area contributed by atoms with E-state index in [1.54, 1.807) is 29.2 Å². The molecule has 0 aromatic heterocycles. The summed E-state index contributed by atoms with van der Waals surface area (Å²) in [4.78, 5) is 15.5. The van der Waals surface area contributed by atoms with Gasteiger partial charge < -0.3 is 28.3 Å². The van der Waals surface area contributed by atoms with Crippen LogP contribution in [-0.4, -0.2) is 59.7 Å². The third-order valence-corrected chi connectivity index (χ3v) is 12.4. The maximum Gasteiger partial charge on any atom is 0.256 e. The van der Waals surface area contributed by atoms with Crippen molar-refractivity contribution in [2.45, 2.75) is 57.7 Å². The monoisotopic (exact) mass is 569 g/mol. The zero-order valence-electron chi connectivity index (χ0n) is 22.8. The first-order valence-electron chi connectivity index (χ1n) is 12.2. The van der Waals surface area contributed by atoms with Crippen LogP contribution in [0.15, 0.2) is 30.3 Å². The lowest BCUT2D eigenvalue weighted by atomic mass is 10.1. The van der Waals surface area contributed by atoms with Crippen LogP contribution in [0, 0.1) is 0 Å². The second-order valence-corrected chi connectivity index (χ2v) is 16.2. The third-order valence-electron chi connectivity index (χ3n) is 7.12. The molecule has 2 aromatic rings. The molecule has 37 heavy (non-hydrogen) atoms. The molecule has 10 heteroatoms. The van der Waals surface area contributed by atoms with Gasteiger partial charge in [-0.25, -0.2) is 0 Å². The summed E-state index contributed by atoms with van der Waals surface area (Å²) < 4.78 is 29.1. The summed E-state index contributed by atoms with van der Waals surface area (Å²) in [6, 6.07) is 8.55. The molecule has 1 unspecified atom stereocenters. The van der Waals surface area contributed by atoms with Gasteiger partial charge in [0, 0.05) is 17.7 Å². The fourth-order valence-electron chi connectivity index (χ4n) is 3.92. The molecule has 0 saturated carbocycles. The average molecular weight is 571 g/mol. The van der Waals surface area contributed by atoms with Crippen LogP contribution in [0.2, 0.25) is 28.2 Å². The normalized spacial score (nSPS) is 18.2. The minimum atomic E-state index is -1.90. The van der Waals surface area contributed by atoms with Gasteiger partial charge in [-0.2, -0.15) is 0 Å². The SMILES string of the molecule is COc1cc(C(=O)N2C[C@@H](CCO[Si](C)(C)C(C)(C)C)OC2c2ccc(Cl)c(Cl)c2)cc(OC)c1OC. The van der Waals surface area contributed by atoms with E-state index in [0.717, 1.165) is 5.56 Å². The number of nitrogens with zero attached hydrogens (tertiary/aromatic N) is 1. The van der Waals surface area contributed by atoms with Gasteiger partial charge in [-0.15, -0.1) is 0 Å². The van der Waals surface area contributed by atoms with E-state index in [4.69, 9.17) is 46.6 Å². The molecular weight excluding hydrogens is 533 g/mol. The standard InChI is InChI=1S/C27H37Cl2NO6Si/c1-27(2,3)37(7,8)35-12-11-19-16-30(26(36-19)17-9-10-20(28)21(29)13-17)25(31)18-14-22(32-4)24(34-6)23(15-18)33-5/h9-10,13-15,19,26H,11-12,16H2,1-8H3/t19-,26?/m1/s1.